The van der Waals surface area contributed by atoms with Gasteiger partial charge in [-0.25, -0.2) is 13.2 Å². The van der Waals surface area contributed by atoms with Crippen LogP contribution in [0.2, 0.25) is 0 Å². The lowest BCUT2D eigenvalue weighted by atomic mass is 10.1. The lowest BCUT2D eigenvalue weighted by molar-refractivity contribution is 0.494. The fraction of sp³-hybridized carbons (Fsp3) is 0.231. The standard InChI is InChI=1S/C13H12F3NO/c1-8(5-10-3-2-4-18-10)17-13-11(15)6-9(14)7-12(13)16/h2-4,6-8,17H,5H2,1H3. The molecule has 0 aliphatic carbocycles. The summed E-state index contributed by atoms with van der Waals surface area (Å²) in [5, 5.41) is 2.67. The third kappa shape index (κ3) is 2.85. The first-order valence-electron chi connectivity index (χ1n) is 5.49. The van der Waals surface area contributed by atoms with E-state index < -0.39 is 17.5 Å². The molecule has 18 heavy (non-hydrogen) atoms. The minimum atomic E-state index is -0.946. The van der Waals surface area contributed by atoms with Gasteiger partial charge < -0.3 is 9.73 Å². The van der Waals surface area contributed by atoms with Crippen LogP contribution in [0.5, 0.6) is 0 Å². The van der Waals surface area contributed by atoms with Gasteiger partial charge in [0.25, 0.3) is 0 Å². The van der Waals surface area contributed by atoms with Crippen LogP contribution in [0, 0.1) is 17.5 Å². The lowest BCUT2D eigenvalue weighted by Gasteiger charge is -2.15. The van der Waals surface area contributed by atoms with E-state index in [1.807, 2.05) is 0 Å². The summed E-state index contributed by atoms with van der Waals surface area (Å²) in [7, 11) is 0. The van der Waals surface area contributed by atoms with Crippen LogP contribution in [-0.4, -0.2) is 6.04 Å². The van der Waals surface area contributed by atoms with Crippen molar-refractivity contribution in [2.75, 3.05) is 5.32 Å². The molecular formula is C13H12F3NO. The second-order valence-corrected chi connectivity index (χ2v) is 4.07. The summed E-state index contributed by atoms with van der Waals surface area (Å²) in [6.07, 6.45) is 2.00. The summed E-state index contributed by atoms with van der Waals surface area (Å²) in [6, 6.07) is 4.55. The van der Waals surface area contributed by atoms with Crippen molar-refractivity contribution in [3.63, 3.8) is 0 Å². The summed E-state index contributed by atoms with van der Waals surface area (Å²) in [4.78, 5) is 0. The lowest BCUT2D eigenvalue weighted by Crippen LogP contribution is -2.19. The highest BCUT2D eigenvalue weighted by Gasteiger charge is 2.14. The molecule has 2 rings (SSSR count). The molecule has 5 heteroatoms. The summed E-state index contributed by atoms with van der Waals surface area (Å²) >= 11 is 0. The molecule has 1 unspecified atom stereocenters. The number of furan rings is 1. The first-order valence-corrected chi connectivity index (χ1v) is 5.49. The molecule has 0 aliphatic rings. The summed E-state index contributed by atoms with van der Waals surface area (Å²) in [5.74, 6) is -2.12. The van der Waals surface area contributed by atoms with E-state index in [1.54, 1.807) is 19.1 Å². The number of anilines is 1. The number of hydrogen-bond donors (Lipinski definition) is 1. The molecular weight excluding hydrogens is 243 g/mol. The van der Waals surface area contributed by atoms with Crippen LogP contribution in [0.25, 0.3) is 0 Å². The van der Waals surface area contributed by atoms with E-state index in [2.05, 4.69) is 5.32 Å². The highest BCUT2D eigenvalue weighted by molar-refractivity contribution is 5.47. The number of nitrogens with one attached hydrogen (secondary N) is 1. The predicted molar refractivity (Wildman–Crippen MR) is 61.8 cm³/mol. The Kier molecular flexibility index (Phi) is 3.60. The third-order valence-electron chi connectivity index (χ3n) is 2.49. The first-order chi connectivity index (χ1) is 8.56. The van der Waals surface area contributed by atoms with Crippen molar-refractivity contribution in [1.82, 2.24) is 0 Å². The number of hydrogen-bond acceptors (Lipinski definition) is 2. The number of benzene rings is 1. The van der Waals surface area contributed by atoms with Crippen LogP contribution >= 0.6 is 0 Å². The highest BCUT2D eigenvalue weighted by atomic mass is 19.1. The Bertz CT molecular complexity index is 502. The zero-order valence-electron chi connectivity index (χ0n) is 9.71. The van der Waals surface area contributed by atoms with Crippen molar-refractivity contribution in [1.29, 1.82) is 0 Å². The molecule has 0 aliphatic heterocycles. The van der Waals surface area contributed by atoms with Crippen LogP contribution < -0.4 is 5.32 Å². The van der Waals surface area contributed by atoms with Crippen LogP contribution in [0.4, 0.5) is 18.9 Å². The van der Waals surface area contributed by atoms with Gasteiger partial charge >= 0.3 is 0 Å². The zero-order valence-corrected chi connectivity index (χ0v) is 9.71. The van der Waals surface area contributed by atoms with Gasteiger partial charge in [0.05, 0.1) is 6.26 Å². The molecule has 1 heterocycles. The molecule has 0 bridgehead atoms. The van der Waals surface area contributed by atoms with Gasteiger partial charge in [-0.1, -0.05) is 0 Å². The predicted octanol–water partition coefficient (Wildman–Crippen LogP) is 3.74. The minimum absolute atomic E-state index is 0.245. The fourth-order valence-corrected chi connectivity index (χ4v) is 1.71. The zero-order chi connectivity index (χ0) is 13.1. The molecule has 2 nitrogen and oxygen atoms in total. The normalized spacial score (nSPS) is 12.4. The Morgan fingerprint density at radius 2 is 1.89 bits per heavy atom. The van der Waals surface area contributed by atoms with Crippen molar-refractivity contribution >= 4 is 5.69 Å². The van der Waals surface area contributed by atoms with Crippen LogP contribution in [0.1, 0.15) is 12.7 Å². The molecule has 0 saturated heterocycles. The average molecular weight is 255 g/mol. The van der Waals surface area contributed by atoms with Crippen molar-refractivity contribution in [2.24, 2.45) is 0 Å². The van der Waals surface area contributed by atoms with E-state index in [-0.39, 0.29) is 11.7 Å². The smallest absolute Gasteiger partial charge is 0.152 e. The van der Waals surface area contributed by atoms with Gasteiger partial charge in [0, 0.05) is 24.6 Å². The van der Waals surface area contributed by atoms with Gasteiger partial charge in [-0.15, -0.1) is 0 Å². The van der Waals surface area contributed by atoms with Gasteiger partial charge in [-0.3, -0.25) is 0 Å². The van der Waals surface area contributed by atoms with Gasteiger partial charge in [0.1, 0.15) is 17.3 Å². The molecule has 2 aromatic rings. The van der Waals surface area contributed by atoms with E-state index in [4.69, 9.17) is 4.42 Å². The molecule has 1 aromatic heterocycles. The molecule has 1 N–H and O–H groups in total. The topological polar surface area (TPSA) is 25.2 Å². The monoisotopic (exact) mass is 255 g/mol. The van der Waals surface area contributed by atoms with Gasteiger partial charge in [-0.2, -0.15) is 0 Å². The Morgan fingerprint density at radius 3 is 2.44 bits per heavy atom. The van der Waals surface area contributed by atoms with Crippen molar-refractivity contribution < 1.29 is 17.6 Å². The average Bonchev–Trinajstić information content (AvgIpc) is 2.76. The van der Waals surface area contributed by atoms with Crippen LogP contribution in [0.3, 0.4) is 0 Å². The second-order valence-electron chi connectivity index (χ2n) is 4.07. The van der Waals surface area contributed by atoms with E-state index >= 15 is 0 Å². The van der Waals surface area contributed by atoms with E-state index in [0.29, 0.717) is 24.3 Å². The first kappa shape index (κ1) is 12.5. The largest absolute Gasteiger partial charge is 0.469 e. The maximum Gasteiger partial charge on any atom is 0.152 e. The molecule has 1 atom stereocenters. The Balaban J connectivity index is 2.09. The molecule has 96 valence electrons. The maximum absolute atomic E-state index is 13.4. The fourth-order valence-electron chi connectivity index (χ4n) is 1.71. The molecule has 0 amide bonds. The van der Waals surface area contributed by atoms with Crippen molar-refractivity contribution in [2.45, 2.75) is 19.4 Å². The summed E-state index contributed by atoms with van der Waals surface area (Å²) in [5.41, 5.74) is -0.324. The molecule has 1 aromatic carbocycles. The molecule has 0 radical (unpaired) electrons. The Labute approximate surface area is 102 Å². The quantitative estimate of drug-likeness (QED) is 0.900. The maximum atomic E-state index is 13.4. The Hall–Kier alpha value is -1.91. The molecule has 0 fully saturated rings. The van der Waals surface area contributed by atoms with Crippen molar-refractivity contribution in [3.8, 4) is 0 Å². The van der Waals surface area contributed by atoms with Crippen LogP contribution in [0.15, 0.2) is 34.9 Å². The molecule has 0 saturated carbocycles. The summed E-state index contributed by atoms with van der Waals surface area (Å²) < 4.78 is 44.6. The van der Waals surface area contributed by atoms with E-state index in [0.717, 1.165) is 0 Å². The minimum Gasteiger partial charge on any atom is -0.469 e. The van der Waals surface area contributed by atoms with Gasteiger partial charge in [0.15, 0.2) is 11.6 Å². The Morgan fingerprint density at radius 1 is 1.22 bits per heavy atom. The highest BCUT2D eigenvalue weighted by Crippen LogP contribution is 2.21. The number of rotatable bonds is 4. The molecule has 0 spiro atoms. The number of halogens is 3. The third-order valence-corrected chi connectivity index (χ3v) is 2.49. The van der Waals surface area contributed by atoms with E-state index in [9.17, 15) is 13.2 Å². The second kappa shape index (κ2) is 5.16. The summed E-state index contributed by atoms with van der Waals surface area (Å²) in [6.45, 7) is 1.75. The SMILES string of the molecule is CC(Cc1ccco1)Nc1c(F)cc(F)cc1F. The van der Waals surface area contributed by atoms with Gasteiger partial charge in [-0.05, 0) is 19.1 Å². The van der Waals surface area contributed by atoms with Crippen LogP contribution in [-0.2, 0) is 6.42 Å². The van der Waals surface area contributed by atoms with Crippen molar-refractivity contribution in [3.05, 3.63) is 53.7 Å². The van der Waals surface area contributed by atoms with Gasteiger partial charge in [0.2, 0.25) is 0 Å². The van der Waals surface area contributed by atoms with E-state index in [1.165, 1.54) is 6.26 Å².